The number of unbranched alkanes of at least 4 members (excludes halogenated alkanes) is 1. The highest BCUT2D eigenvalue weighted by Crippen LogP contribution is 2.18. The zero-order chi connectivity index (χ0) is 14.4. The first-order valence-electron chi connectivity index (χ1n) is 6.62. The van der Waals surface area contributed by atoms with E-state index < -0.39 is 0 Å². The highest BCUT2D eigenvalue weighted by Gasteiger charge is 2.05. The number of hydrogen-bond acceptors (Lipinski definition) is 5. The Kier molecular flexibility index (Phi) is 5.29. The molecular formula is C14H18BrN5. The van der Waals surface area contributed by atoms with Gasteiger partial charge in [-0.25, -0.2) is 0 Å². The molecule has 5 nitrogen and oxygen atoms in total. The predicted octanol–water partition coefficient (Wildman–Crippen LogP) is 3.61. The van der Waals surface area contributed by atoms with Crippen molar-refractivity contribution in [3.63, 3.8) is 0 Å². The number of benzene rings is 1. The van der Waals surface area contributed by atoms with E-state index in [-0.39, 0.29) is 0 Å². The van der Waals surface area contributed by atoms with Gasteiger partial charge in [0.2, 0.25) is 5.95 Å². The number of aromatic nitrogens is 3. The van der Waals surface area contributed by atoms with Crippen LogP contribution in [0.25, 0.3) is 0 Å². The van der Waals surface area contributed by atoms with Crippen molar-refractivity contribution in [1.29, 1.82) is 0 Å². The van der Waals surface area contributed by atoms with Crippen LogP contribution in [0.1, 0.15) is 19.8 Å². The fraction of sp³-hybridized carbons (Fsp3) is 0.357. The lowest BCUT2D eigenvalue weighted by Gasteiger charge is -2.17. The summed E-state index contributed by atoms with van der Waals surface area (Å²) < 4.78 is 1.04. The van der Waals surface area contributed by atoms with Gasteiger partial charge in [-0.05, 0) is 30.7 Å². The zero-order valence-corrected chi connectivity index (χ0v) is 13.3. The number of anilines is 3. The molecule has 0 aliphatic carbocycles. The Labute approximate surface area is 127 Å². The van der Waals surface area contributed by atoms with Crippen LogP contribution in [0, 0.1) is 0 Å². The summed E-state index contributed by atoms with van der Waals surface area (Å²) in [6, 6.07) is 7.85. The van der Waals surface area contributed by atoms with Crippen LogP contribution in [0.3, 0.4) is 0 Å². The van der Waals surface area contributed by atoms with Gasteiger partial charge in [-0.2, -0.15) is 10.1 Å². The summed E-state index contributed by atoms with van der Waals surface area (Å²) in [5.41, 5.74) is 0.934. The lowest BCUT2D eigenvalue weighted by molar-refractivity contribution is 0.754. The van der Waals surface area contributed by atoms with E-state index in [9.17, 15) is 0 Å². The van der Waals surface area contributed by atoms with Crippen molar-refractivity contribution in [2.75, 3.05) is 23.8 Å². The Bertz CT molecular complexity index is 544. The van der Waals surface area contributed by atoms with Crippen LogP contribution in [-0.2, 0) is 0 Å². The van der Waals surface area contributed by atoms with E-state index >= 15 is 0 Å². The van der Waals surface area contributed by atoms with Crippen molar-refractivity contribution in [1.82, 2.24) is 15.2 Å². The van der Waals surface area contributed by atoms with Gasteiger partial charge in [-0.15, -0.1) is 5.10 Å². The second-order valence-electron chi connectivity index (χ2n) is 4.55. The maximum absolute atomic E-state index is 4.47. The molecule has 0 amide bonds. The van der Waals surface area contributed by atoms with Crippen molar-refractivity contribution in [2.45, 2.75) is 19.8 Å². The van der Waals surface area contributed by atoms with Gasteiger partial charge in [0.25, 0.3) is 0 Å². The van der Waals surface area contributed by atoms with E-state index in [1.807, 2.05) is 31.3 Å². The van der Waals surface area contributed by atoms with Crippen LogP contribution in [-0.4, -0.2) is 28.8 Å². The Morgan fingerprint density at radius 2 is 2.00 bits per heavy atom. The third-order valence-corrected chi connectivity index (χ3v) is 3.41. The molecule has 2 rings (SSSR count). The first-order chi connectivity index (χ1) is 9.69. The lowest BCUT2D eigenvalue weighted by Crippen LogP contribution is -2.20. The van der Waals surface area contributed by atoms with Crippen LogP contribution in [0.2, 0.25) is 0 Å². The second kappa shape index (κ2) is 7.19. The van der Waals surface area contributed by atoms with Gasteiger partial charge in [-0.3, -0.25) is 0 Å². The molecular weight excluding hydrogens is 318 g/mol. The maximum Gasteiger partial charge on any atom is 0.249 e. The Hall–Kier alpha value is -1.69. The average Bonchev–Trinajstić information content (AvgIpc) is 2.47. The molecule has 0 bridgehead atoms. The minimum atomic E-state index is 0.508. The van der Waals surface area contributed by atoms with E-state index in [4.69, 9.17) is 0 Å². The molecule has 6 heteroatoms. The maximum atomic E-state index is 4.47. The van der Waals surface area contributed by atoms with E-state index in [1.165, 1.54) is 0 Å². The third-order valence-electron chi connectivity index (χ3n) is 2.88. The molecule has 1 N–H and O–H groups in total. The molecule has 0 unspecified atom stereocenters. The van der Waals surface area contributed by atoms with Crippen LogP contribution in [0.15, 0.2) is 34.9 Å². The molecule has 1 aromatic carbocycles. The molecule has 20 heavy (non-hydrogen) atoms. The summed E-state index contributed by atoms with van der Waals surface area (Å²) in [6.07, 6.45) is 3.98. The quantitative estimate of drug-likeness (QED) is 0.873. The molecule has 0 spiro atoms. The summed E-state index contributed by atoms with van der Waals surface area (Å²) in [6.45, 7) is 3.14. The Balaban J connectivity index is 2.07. The molecule has 2 aromatic rings. The molecule has 0 fully saturated rings. The second-order valence-corrected chi connectivity index (χ2v) is 5.46. The number of hydrogen-bond donors (Lipinski definition) is 1. The summed E-state index contributed by atoms with van der Waals surface area (Å²) >= 11 is 3.41. The summed E-state index contributed by atoms with van der Waals surface area (Å²) in [7, 11) is 2.02. The largest absolute Gasteiger partial charge is 0.358 e. The van der Waals surface area contributed by atoms with Crippen molar-refractivity contribution >= 4 is 33.4 Å². The molecule has 0 aliphatic rings. The highest BCUT2D eigenvalue weighted by atomic mass is 79.9. The van der Waals surface area contributed by atoms with E-state index in [0.717, 1.165) is 35.4 Å². The first kappa shape index (κ1) is 14.7. The van der Waals surface area contributed by atoms with E-state index in [2.05, 4.69) is 48.3 Å². The number of nitrogens with zero attached hydrogens (tertiary/aromatic N) is 4. The number of nitrogens with one attached hydrogen (secondary N) is 1. The molecule has 1 heterocycles. The van der Waals surface area contributed by atoms with Crippen molar-refractivity contribution in [3.05, 3.63) is 34.9 Å². The Morgan fingerprint density at radius 1 is 1.25 bits per heavy atom. The van der Waals surface area contributed by atoms with E-state index in [1.54, 1.807) is 6.20 Å². The molecule has 0 radical (unpaired) electrons. The summed E-state index contributed by atoms with van der Waals surface area (Å²) in [5, 5.41) is 11.2. The fourth-order valence-electron chi connectivity index (χ4n) is 1.70. The highest BCUT2D eigenvalue weighted by molar-refractivity contribution is 9.10. The van der Waals surface area contributed by atoms with Gasteiger partial charge >= 0.3 is 0 Å². The number of halogens is 1. The molecule has 0 aliphatic heterocycles. The van der Waals surface area contributed by atoms with Gasteiger partial charge in [0.1, 0.15) is 0 Å². The zero-order valence-electron chi connectivity index (χ0n) is 11.7. The van der Waals surface area contributed by atoms with Gasteiger partial charge in [-0.1, -0.05) is 29.3 Å². The Morgan fingerprint density at radius 3 is 2.70 bits per heavy atom. The lowest BCUT2D eigenvalue weighted by atomic mass is 10.3. The van der Waals surface area contributed by atoms with Crippen LogP contribution in [0.5, 0.6) is 0 Å². The molecule has 106 valence electrons. The third kappa shape index (κ3) is 4.16. The molecule has 0 saturated carbocycles. The van der Waals surface area contributed by atoms with Gasteiger partial charge in [0.05, 0.1) is 6.20 Å². The molecule has 0 saturated heterocycles. The predicted molar refractivity (Wildman–Crippen MR) is 85.4 cm³/mol. The molecule has 0 atom stereocenters. The SMILES string of the molecule is CCCCN(C)c1cnnc(Nc2ccc(Br)cc2)n1. The van der Waals surface area contributed by atoms with Crippen LogP contribution >= 0.6 is 15.9 Å². The minimum Gasteiger partial charge on any atom is -0.358 e. The minimum absolute atomic E-state index is 0.508. The van der Waals surface area contributed by atoms with Crippen molar-refractivity contribution in [2.24, 2.45) is 0 Å². The van der Waals surface area contributed by atoms with Crippen molar-refractivity contribution in [3.8, 4) is 0 Å². The van der Waals surface area contributed by atoms with Crippen molar-refractivity contribution < 1.29 is 0 Å². The monoisotopic (exact) mass is 335 g/mol. The average molecular weight is 336 g/mol. The van der Waals surface area contributed by atoms with Crippen LogP contribution < -0.4 is 10.2 Å². The normalized spacial score (nSPS) is 10.3. The van der Waals surface area contributed by atoms with Gasteiger partial charge < -0.3 is 10.2 Å². The summed E-state index contributed by atoms with van der Waals surface area (Å²) in [4.78, 5) is 6.56. The summed E-state index contributed by atoms with van der Waals surface area (Å²) in [5.74, 6) is 1.33. The van der Waals surface area contributed by atoms with Gasteiger partial charge in [0, 0.05) is 23.8 Å². The standard InChI is InChI=1S/C14H18BrN5/c1-3-4-9-20(2)13-10-16-19-14(18-13)17-12-7-5-11(15)6-8-12/h5-8,10H,3-4,9H2,1-2H3,(H,17,18,19). The topological polar surface area (TPSA) is 53.9 Å². The molecule has 1 aromatic heterocycles. The van der Waals surface area contributed by atoms with E-state index in [0.29, 0.717) is 5.95 Å². The van der Waals surface area contributed by atoms with Gasteiger partial charge in [0.15, 0.2) is 5.82 Å². The van der Waals surface area contributed by atoms with Crippen LogP contribution in [0.4, 0.5) is 17.5 Å². The number of rotatable bonds is 6. The fourth-order valence-corrected chi connectivity index (χ4v) is 1.97. The first-order valence-corrected chi connectivity index (χ1v) is 7.42. The smallest absolute Gasteiger partial charge is 0.249 e.